The van der Waals surface area contributed by atoms with Crippen molar-refractivity contribution in [1.82, 2.24) is 5.32 Å². The normalized spacial score (nSPS) is 12.8. The van der Waals surface area contributed by atoms with Gasteiger partial charge in [0.25, 0.3) is 0 Å². The third-order valence-corrected chi connectivity index (χ3v) is 3.51. The van der Waals surface area contributed by atoms with Crippen LogP contribution in [0.4, 0.5) is 0 Å². The summed E-state index contributed by atoms with van der Waals surface area (Å²) in [5, 5.41) is 11.7. The standard InChI is InChI=1S/C13H17NO4S/c1-13(2,3)14-11(15)8-19(18)10-7-5-4-6-9(10)12(16)17/h4-7H,8H2,1-3H3,(H,14,15)(H,16,17). The first kappa shape index (κ1) is 15.4. The smallest absolute Gasteiger partial charge is 0.336 e. The van der Waals surface area contributed by atoms with E-state index in [1.54, 1.807) is 12.1 Å². The van der Waals surface area contributed by atoms with Crippen LogP contribution in [0, 0.1) is 0 Å². The first-order valence-corrected chi connectivity index (χ1v) is 7.04. The first-order valence-electron chi connectivity index (χ1n) is 5.72. The predicted octanol–water partition coefficient (Wildman–Crippen LogP) is 1.41. The molecule has 5 nitrogen and oxygen atoms in total. The number of carbonyl (C=O) groups is 2. The Labute approximate surface area is 114 Å². The van der Waals surface area contributed by atoms with Gasteiger partial charge in [0, 0.05) is 5.54 Å². The molecular weight excluding hydrogens is 266 g/mol. The zero-order valence-corrected chi connectivity index (χ0v) is 11.9. The third kappa shape index (κ3) is 4.82. The summed E-state index contributed by atoms with van der Waals surface area (Å²) in [6.07, 6.45) is 0. The number of nitrogens with one attached hydrogen (secondary N) is 1. The Morgan fingerprint density at radius 1 is 1.26 bits per heavy atom. The number of carbonyl (C=O) groups excluding carboxylic acids is 1. The molecule has 1 atom stereocenters. The average Bonchev–Trinajstić information content (AvgIpc) is 2.26. The second-order valence-corrected chi connectivity index (χ2v) is 6.51. The number of benzene rings is 1. The Bertz CT molecular complexity index is 520. The maximum absolute atomic E-state index is 12.1. The Balaban J connectivity index is 2.85. The number of carboxylic acids is 1. The van der Waals surface area contributed by atoms with Gasteiger partial charge in [-0.2, -0.15) is 0 Å². The highest BCUT2D eigenvalue weighted by Gasteiger charge is 2.20. The van der Waals surface area contributed by atoms with Crippen LogP contribution in [0.2, 0.25) is 0 Å². The number of aromatic carboxylic acids is 1. The summed E-state index contributed by atoms with van der Waals surface area (Å²) >= 11 is 0. The summed E-state index contributed by atoms with van der Waals surface area (Å²) in [4.78, 5) is 22.8. The summed E-state index contributed by atoms with van der Waals surface area (Å²) in [5.41, 5.74) is -0.447. The van der Waals surface area contributed by atoms with E-state index in [0.717, 1.165) is 0 Å². The monoisotopic (exact) mass is 283 g/mol. The van der Waals surface area contributed by atoms with Crippen LogP contribution in [0.25, 0.3) is 0 Å². The minimum absolute atomic E-state index is 0.0376. The van der Waals surface area contributed by atoms with Gasteiger partial charge in [0.05, 0.1) is 21.3 Å². The molecule has 0 spiro atoms. The zero-order valence-electron chi connectivity index (χ0n) is 11.1. The lowest BCUT2D eigenvalue weighted by atomic mass is 10.1. The molecule has 19 heavy (non-hydrogen) atoms. The van der Waals surface area contributed by atoms with Crippen molar-refractivity contribution in [2.75, 3.05) is 5.75 Å². The molecule has 0 saturated carbocycles. The van der Waals surface area contributed by atoms with E-state index in [2.05, 4.69) is 5.32 Å². The quantitative estimate of drug-likeness (QED) is 0.875. The summed E-state index contributed by atoms with van der Waals surface area (Å²) in [7, 11) is -1.67. The maximum atomic E-state index is 12.1. The predicted molar refractivity (Wildman–Crippen MR) is 72.6 cm³/mol. The highest BCUT2D eigenvalue weighted by atomic mass is 32.2. The number of carboxylic acid groups (broad SMARTS) is 1. The fourth-order valence-electron chi connectivity index (χ4n) is 1.49. The summed E-state index contributed by atoms with van der Waals surface area (Å²) in [6, 6.07) is 5.99. The lowest BCUT2D eigenvalue weighted by molar-refractivity contribution is -0.119. The summed E-state index contributed by atoms with van der Waals surface area (Å²) < 4.78 is 12.1. The van der Waals surface area contributed by atoms with Crippen LogP contribution < -0.4 is 5.32 Å². The topological polar surface area (TPSA) is 83.5 Å². The number of hydrogen-bond donors (Lipinski definition) is 2. The molecule has 0 aliphatic heterocycles. The van der Waals surface area contributed by atoms with Crippen LogP contribution in [-0.2, 0) is 15.6 Å². The van der Waals surface area contributed by atoms with Gasteiger partial charge in [-0.25, -0.2) is 4.79 Å². The number of amides is 1. The van der Waals surface area contributed by atoms with E-state index in [0.29, 0.717) is 0 Å². The molecule has 1 amide bonds. The van der Waals surface area contributed by atoms with Gasteiger partial charge in [0.2, 0.25) is 5.91 Å². The molecular formula is C13H17NO4S. The van der Waals surface area contributed by atoms with Gasteiger partial charge in [-0.3, -0.25) is 9.00 Å². The molecule has 6 heteroatoms. The molecule has 1 aromatic rings. The largest absolute Gasteiger partial charge is 0.478 e. The Morgan fingerprint density at radius 2 is 1.84 bits per heavy atom. The molecule has 1 unspecified atom stereocenters. The van der Waals surface area contributed by atoms with Crippen molar-refractivity contribution >= 4 is 22.7 Å². The third-order valence-electron chi connectivity index (χ3n) is 2.14. The fourth-order valence-corrected chi connectivity index (χ4v) is 2.59. The molecule has 1 rings (SSSR count). The van der Waals surface area contributed by atoms with Crippen LogP contribution in [0.1, 0.15) is 31.1 Å². The molecule has 0 saturated heterocycles. The van der Waals surface area contributed by atoms with Gasteiger partial charge in [-0.15, -0.1) is 0 Å². The van der Waals surface area contributed by atoms with Crippen LogP contribution in [0.15, 0.2) is 29.2 Å². The molecule has 0 heterocycles. The Morgan fingerprint density at radius 3 is 2.37 bits per heavy atom. The molecule has 1 aromatic carbocycles. The fraction of sp³-hybridized carbons (Fsp3) is 0.385. The Hall–Kier alpha value is -1.69. The average molecular weight is 283 g/mol. The molecule has 0 aliphatic carbocycles. The number of rotatable bonds is 4. The van der Waals surface area contributed by atoms with Gasteiger partial charge >= 0.3 is 5.97 Å². The van der Waals surface area contributed by atoms with Crippen molar-refractivity contribution in [2.24, 2.45) is 0 Å². The van der Waals surface area contributed by atoms with Crippen molar-refractivity contribution in [3.63, 3.8) is 0 Å². The van der Waals surface area contributed by atoms with Crippen LogP contribution >= 0.6 is 0 Å². The van der Waals surface area contributed by atoms with Crippen molar-refractivity contribution in [2.45, 2.75) is 31.2 Å². The van der Waals surface area contributed by atoms with E-state index in [1.807, 2.05) is 20.8 Å². The minimum atomic E-state index is -1.67. The molecule has 2 N–H and O–H groups in total. The molecule has 104 valence electrons. The van der Waals surface area contributed by atoms with E-state index in [9.17, 15) is 13.8 Å². The SMILES string of the molecule is CC(C)(C)NC(=O)CS(=O)c1ccccc1C(=O)O. The number of hydrogen-bond acceptors (Lipinski definition) is 3. The van der Waals surface area contributed by atoms with E-state index >= 15 is 0 Å². The molecule has 0 radical (unpaired) electrons. The van der Waals surface area contributed by atoms with Crippen molar-refractivity contribution in [3.05, 3.63) is 29.8 Å². The molecule has 0 fully saturated rings. The second-order valence-electron chi connectivity index (χ2n) is 5.09. The molecule has 0 aliphatic rings. The van der Waals surface area contributed by atoms with Crippen LogP contribution in [0.3, 0.4) is 0 Å². The maximum Gasteiger partial charge on any atom is 0.336 e. The van der Waals surface area contributed by atoms with E-state index < -0.39 is 22.3 Å². The van der Waals surface area contributed by atoms with Gasteiger partial charge in [-0.1, -0.05) is 12.1 Å². The van der Waals surface area contributed by atoms with Gasteiger partial charge in [0.15, 0.2) is 0 Å². The van der Waals surface area contributed by atoms with E-state index in [4.69, 9.17) is 5.11 Å². The van der Waals surface area contributed by atoms with Gasteiger partial charge in [0.1, 0.15) is 5.75 Å². The van der Waals surface area contributed by atoms with Gasteiger partial charge in [-0.05, 0) is 32.9 Å². The summed E-state index contributed by atoms with van der Waals surface area (Å²) in [5.74, 6) is -1.77. The lowest BCUT2D eigenvalue weighted by Crippen LogP contribution is -2.42. The minimum Gasteiger partial charge on any atom is -0.478 e. The highest BCUT2D eigenvalue weighted by molar-refractivity contribution is 7.85. The first-order chi connectivity index (χ1) is 8.70. The molecule has 0 aromatic heterocycles. The van der Waals surface area contributed by atoms with Crippen molar-refractivity contribution in [3.8, 4) is 0 Å². The van der Waals surface area contributed by atoms with E-state index in [1.165, 1.54) is 12.1 Å². The second kappa shape index (κ2) is 5.97. The van der Waals surface area contributed by atoms with E-state index in [-0.39, 0.29) is 22.1 Å². The summed E-state index contributed by atoms with van der Waals surface area (Å²) in [6.45, 7) is 5.46. The molecule has 0 bridgehead atoms. The van der Waals surface area contributed by atoms with Crippen molar-refractivity contribution in [1.29, 1.82) is 0 Å². The van der Waals surface area contributed by atoms with Crippen molar-refractivity contribution < 1.29 is 18.9 Å². The lowest BCUT2D eigenvalue weighted by Gasteiger charge is -2.20. The van der Waals surface area contributed by atoms with Gasteiger partial charge < -0.3 is 10.4 Å². The highest BCUT2D eigenvalue weighted by Crippen LogP contribution is 2.14. The van der Waals surface area contributed by atoms with Crippen LogP contribution in [0.5, 0.6) is 0 Å². The Kier molecular flexibility index (Phi) is 4.83. The zero-order chi connectivity index (χ0) is 14.6. The van der Waals surface area contributed by atoms with Crippen LogP contribution in [-0.4, -0.2) is 32.5 Å².